The third-order valence-corrected chi connectivity index (χ3v) is 2.94. The third kappa shape index (κ3) is 4.78. The maximum absolute atomic E-state index is 11.4. The maximum Gasteiger partial charge on any atom is 0.220 e. The third-order valence-electron chi connectivity index (χ3n) is 2.73. The quantitative estimate of drug-likeness (QED) is 0.499. The lowest BCUT2D eigenvalue weighted by atomic mass is 10.3. The lowest BCUT2D eigenvalue weighted by molar-refractivity contribution is -0.121. The molecule has 1 aromatic rings. The van der Waals surface area contributed by atoms with Crippen LogP contribution in [0, 0.1) is 0 Å². The van der Waals surface area contributed by atoms with Crippen molar-refractivity contribution < 1.29 is 4.79 Å². The summed E-state index contributed by atoms with van der Waals surface area (Å²) in [6, 6.07) is 0.430. The maximum atomic E-state index is 11.4. The number of thiocarbonyl (C=S) groups is 1. The van der Waals surface area contributed by atoms with Gasteiger partial charge in [-0.25, -0.2) is 9.97 Å². The Hall–Kier alpha value is -1.76. The highest BCUT2D eigenvalue weighted by molar-refractivity contribution is 7.80. The standard InChI is InChI=1S/C12H17N5OS/c13-12(19)9-6-16-10(7-15-9)14-5-1-2-11(18)17-8-3-4-8/h6-8H,1-5H2,(H2,13,19)(H,14,16)(H,17,18). The molecule has 1 saturated carbocycles. The number of anilines is 1. The van der Waals surface area contributed by atoms with E-state index in [0.717, 1.165) is 19.3 Å². The Balaban J connectivity index is 1.64. The van der Waals surface area contributed by atoms with E-state index in [2.05, 4.69) is 20.6 Å². The minimum atomic E-state index is 0.124. The van der Waals surface area contributed by atoms with Crippen molar-refractivity contribution in [2.75, 3.05) is 11.9 Å². The number of hydrogen-bond donors (Lipinski definition) is 3. The van der Waals surface area contributed by atoms with Gasteiger partial charge in [0, 0.05) is 19.0 Å². The van der Waals surface area contributed by atoms with E-state index in [4.69, 9.17) is 18.0 Å². The highest BCUT2D eigenvalue weighted by atomic mass is 32.1. The summed E-state index contributed by atoms with van der Waals surface area (Å²) in [7, 11) is 0. The average molecular weight is 279 g/mol. The molecule has 102 valence electrons. The molecule has 0 aromatic carbocycles. The Kier molecular flexibility index (Phi) is 4.62. The largest absolute Gasteiger partial charge is 0.388 e. The van der Waals surface area contributed by atoms with Crippen LogP contribution in [0.15, 0.2) is 12.4 Å². The number of amides is 1. The fraction of sp³-hybridized carbons (Fsp3) is 0.500. The first-order valence-electron chi connectivity index (χ1n) is 6.30. The number of nitrogens with zero attached hydrogens (tertiary/aromatic N) is 2. The Morgan fingerprint density at radius 3 is 2.79 bits per heavy atom. The first-order valence-corrected chi connectivity index (χ1v) is 6.71. The molecule has 0 bridgehead atoms. The van der Waals surface area contributed by atoms with Crippen LogP contribution in [0.5, 0.6) is 0 Å². The van der Waals surface area contributed by atoms with Crippen molar-refractivity contribution >= 4 is 28.9 Å². The van der Waals surface area contributed by atoms with Crippen LogP contribution in [-0.4, -0.2) is 33.5 Å². The minimum absolute atomic E-state index is 0.124. The van der Waals surface area contributed by atoms with Crippen LogP contribution in [0.4, 0.5) is 5.82 Å². The molecule has 4 N–H and O–H groups in total. The zero-order chi connectivity index (χ0) is 13.7. The number of rotatable bonds is 7. The van der Waals surface area contributed by atoms with Crippen molar-refractivity contribution in [2.24, 2.45) is 5.73 Å². The van der Waals surface area contributed by atoms with Crippen molar-refractivity contribution in [1.29, 1.82) is 0 Å². The molecular formula is C12H17N5OS. The molecule has 1 aliphatic carbocycles. The van der Waals surface area contributed by atoms with Gasteiger partial charge >= 0.3 is 0 Å². The second-order valence-electron chi connectivity index (χ2n) is 4.52. The summed E-state index contributed by atoms with van der Waals surface area (Å²) in [6.07, 6.45) is 6.65. The molecule has 1 fully saturated rings. The molecule has 0 radical (unpaired) electrons. The van der Waals surface area contributed by atoms with Crippen LogP contribution < -0.4 is 16.4 Å². The topological polar surface area (TPSA) is 92.9 Å². The second-order valence-corrected chi connectivity index (χ2v) is 4.96. The van der Waals surface area contributed by atoms with E-state index in [-0.39, 0.29) is 10.9 Å². The monoisotopic (exact) mass is 279 g/mol. The van der Waals surface area contributed by atoms with Gasteiger partial charge in [0.1, 0.15) is 16.5 Å². The molecule has 0 atom stereocenters. The predicted octanol–water partition coefficient (Wildman–Crippen LogP) is 0.581. The lowest BCUT2D eigenvalue weighted by Crippen LogP contribution is -2.25. The molecule has 1 aliphatic rings. The average Bonchev–Trinajstić information content (AvgIpc) is 3.19. The van der Waals surface area contributed by atoms with Gasteiger partial charge < -0.3 is 16.4 Å². The van der Waals surface area contributed by atoms with Crippen LogP contribution >= 0.6 is 12.2 Å². The number of hydrogen-bond acceptors (Lipinski definition) is 5. The normalized spacial score (nSPS) is 13.9. The molecule has 1 aromatic heterocycles. The molecule has 1 amide bonds. The van der Waals surface area contributed by atoms with Crippen LogP contribution in [0.2, 0.25) is 0 Å². The fourth-order valence-corrected chi connectivity index (χ4v) is 1.64. The first-order chi connectivity index (χ1) is 9.15. The summed E-state index contributed by atoms with van der Waals surface area (Å²) in [4.78, 5) is 19.9. The molecule has 7 heteroatoms. The van der Waals surface area contributed by atoms with E-state index < -0.39 is 0 Å². The van der Waals surface area contributed by atoms with Crippen LogP contribution in [0.25, 0.3) is 0 Å². The smallest absolute Gasteiger partial charge is 0.220 e. The minimum Gasteiger partial charge on any atom is -0.388 e. The van der Waals surface area contributed by atoms with Crippen molar-refractivity contribution in [1.82, 2.24) is 15.3 Å². The Bertz CT molecular complexity index is 458. The van der Waals surface area contributed by atoms with E-state index in [1.165, 1.54) is 6.20 Å². The fourth-order valence-electron chi connectivity index (χ4n) is 1.54. The SMILES string of the molecule is NC(=S)c1cnc(NCCCC(=O)NC2CC2)cn1. The van der Waals surface area contributed by atoms with E-state index in [0.29, 0.717) is 30.5 Å². The first kappa shape index (κ1) is 13.7. The van der Waals surface area contributed by atoms with Crippen molar-refractivity contribution in [3.8, 4) is 0 Å². The zero-order valence-electron chi connectivity index (χ0n) is 10.6. The molecule has 0 saturated heterocycles. The summed E-state index contributed by atoms with van der Waals surface area (Å²) in [6.45, 7) is 0.680. The van der Waals surface area contributed by atoms with E-state index >= 15 is 0 Å². The Morgan fingerprint density at radius 2 is 2.21 bits per heavy atom. The molecule has 19 heavy (non-hydrogen) atoms. The van der Waals surface area contributed by atoms with Gasteiger partial charge in [-0.15, -0.1) is 0 Å². The summed E-state index contributed by atoms with van der Waals surface area (Å²) < 4.78 is 0. The van der Waals surface area contributed by atoms with Crippen molar-refractivity contribution in [3.05, 3.63) is 18.1 Å². The molecule has 0 aliphatic heterocycles. The van der Waals surface area contributed by atoms with E-state index in [1.54, 1.807) is 6.20 Å². The van der Waals surface area contributed by atoms with Gasteiger partial charge in [-0.1, -0.05) is 12.2 Å². The number of carbonyl (C=O) groups excluding carboxylic acids is 1. The van der Waals surface area contributed by atoms with E-state index in [1.807, 2.05) is 0 Å². The number of aromatic nitrogens is 2. The lowest BCUT2D eigenvalue weighted by Gasteiger charge is -2.06. The molecule has 6 nitrogen and oxygen atoms in total. The number of nitrogens with two attached hydrogens (primary N) is 1. The molecule has 0 spiro atoms. The molecular weight excluding hydrogens is 262 g/mol. The predicted molar refractivity (Wildman–Crippen MR) is 76.8 cm³/mol. The second kappa shape index (κ2) is 6.42. The molecule has 0 unspecified atom stereocenters. The van der Waals surface area contributed by atoms with Crippen LogP contribution in [0.1, 0.15) is 31.4 Å². The van der Waals surface area contributed by atoms with Gasteiger partial charge in [0.05, 0.1) is 12.4 Å². The molecule has 2 rings (SSSR count). The van der Waals surface area contributed by atoms with Gasteiger partial charge in [-0.05, 0) is 19.3 Å². The summed E-state index contributed by atoms with van der Waals surface area (Å²) >= 11 is 4.79. The van der Waals surface area contributed by atoms with Crippen molar-refractivity contribution in [3.63, 3.8) is 0 Å². The van der Waals surface area contributed by atoms with Crippen LogP contribution in [0.3, 0.4) is 0 Å². The van der Waals surface area contributed by atoms with Crippen molar-refractivity contribution in [2.45, 2.75) is 31.7 Å². The van der Waals surface area contributed by atoms with Gasteiger partial charge in [0.25, 0.3) is 0 Å². The summed E-state index contributed by atoms with van der Waals surface area (Å²) in [5.41, 5.74) is 5.93. The van der Waals surface area contributed by atoms with Gasteiger partial charge in [0.2, 0.25) is 5.91 Å². The highest BCUT2D eigenvalue weighted by Gasteiger charge is 2.22. The molecule has 1 heterocycles. The number of nitrogens with one attached hydrogen (secondary N) is 2. The van der Waals surface area contributed by atoms with Gasteiger partial charge in [-0.2, -0.15) is 0 Å². The zero-order valence-corrected chi connectivity index (χ0v) is 11.4. The summed E-state index contributed by atoms with van der Waals surface area (Å²) in [5, 5.41) is 6.05. The van der Waals surface area contributed by atoms with Gasteiger partial charge in [0.15, 0.2) is 0 Å². The number of carbonyl (C=O) groups is 1. The van der Waals surface area contributed by atoms with Crippen LogP contribution in [-0.2, 0) is 4.79 Å². The summed E-state index contributed by atoms with van der Waals surface area (Å²) in [5.74, 6) is 0.779. The Morgan fingerprint density at radius 1 is 1.42 bits per heavy atom. The van der Waals surface area contributed by atoms with E-state index in [9.17, 15) is 4.79 Å². The highest BCUT2D eigenvalue weighted by Crippen LogP contribution is 2.18. The van der Waals surface area contributed by atoms with Gasteiger partial charge in [-0.3, -0.25) is 4.79 Å². The Labute approximate surface area is 117 Å².